The standard InChI is InChI=1S/C13H18N4/c1-9-5-6-11(7-10(9)2)13-15-12(8-14-3)17(4)16-13/h5-7,14H,8H2,1-4H3. The summed E-state index contributed by atoms with van der Waals surface area (Å²) in [6.07, 6.45) is 0. The summed E-state index contributed by atoms with van der Waals surface area (Å²) in [6, 6.07) is 6.31. The molecule has 0 saturated heterocycles. The molecule has 1 N–H and O–H groups in total. The van der Waals surface area contributed by atoms with Crippen LogP contribution < -0.4 is 5.32 Å². The average molecular weight is 230 g/mol. The number of rotatable bonds is 3. The van der Waals surface area contributed by atoms with Gasteiger partial charge in [-0.3, -0.25) is 4.68 Å². The smallest absolute Gasteiger partial charge is 0.181 e. The molecule has 0 spiro atoms. The molecule has 17 heavy (non-hydrogen) atoms. The van der Waals surface area contributed by atoms with Gasteiger partial charge in [-0.25, -0.2) is 4.98 Å². The molecule has 0 amide bonds. The molecule has 0 aliphatic heterocycles. The van der Waals surface area contributed by atoms with Gasteiger partial charge in [-0.05, 0) is 38.1 Å². The lowest BCUT2D eigenvalue weighted by molar-refractivity contribution is 0.660. The van der Waals surface area contributed by atoms with Crippen molar-refractivity contribution in [2.24, 2.45) is 7.05 Å². The second-order valence-corrected chi connectivity index (χ2v) is 4.30. The van der Waals surface area contributed by atoms with E-state index >= 15 is 0 Å². The molecule has 0 aliphatic carbocycles. The highest BCUT2D eigenvalue weighted by Crippen LogP contribution is 2.19. The van der Waals surface area contributed by atoms with Crippen LogP contribution in [0.2, 0.25) is 0 Å². The van der Waals surface area contributed by atoms with Crippen molar-refractivity contribution >= 4 is 0 Å². The number of nitrogens with one attached hydrogen (secondary N) is 1. The minimum atomic E-state index is 0.730. The largest absolute Gasteiger partial charge is 0.313 e. The van der Waals surface area contributed by atoms with Gasteiger partial charge in [0.25, 0.3) is 0 Å². The Morgan fingerprint density at radius 2 is 2.00 bits per heavy atom. The molecule has 4 heteroatoms. The molecule has 2 aromatic rings. The van der Waals surface area contributed by atoms with E-state index in [1.54, 1.807) is 0 Å². The van der Waals surface area contributed by atoms with Crippen molar-refractivity contribution in [1.29, 1.82) is 0 Å². The number of hydrogen-bond donors (Lipinski definition) is 1. The van der Waals surface area contributed by atoms with Gasteiger partial charge in [-0.15, -0.1) is 0 Å². The molecule has 0 fully saturated rings. The lowest BCUT2D eigenvalue weighted by Crippen LogP contribution is -2.10. The Kier molecular flexibility index (Phi) is 3.24. The summed E-state index contributed by atoms with van der Waals surface area (Å²) in [6.45, 7) is 4.95. The van der Waals surface area contributed by atoms with Crippen LogP contribution in [0.25, 0.3) is 11.4 Å². The second kappa shape index (κ2) is 4.67. The Morgan fingerprint density at radius 3 is 2.65 bits per heavy atom. The van der Waals surface area contributed by atoms with E-state index in [-0.39, 0.29) is 0 Å². The Bertz CT molecular complexity index is 528. The molecule has 1 aromatic carbocycles. The third-order valence-electron chi connectivity index (χ3n) is 2.95. The van der Waals surface area contributed by atoms with Crippen LogP contribution in [0.3, 0.4) is 0 Å². The summed E-state index contributed by atoms with van der Waals surface area (Å²) >= 11 is 0. The summed E-state index contributed by atoms with van der Waals surface area (Å²) < 4.78 is 1.82. The lowest BCUT2D eigenvalue weighted by Gasteiger charge is -2.01. The minimum absolute atomic E-state index is 0.730. The summed E-state index contributed by atoms with van der Waals surface area (Å²) in [7, 11) is 3.83. The first-order valence-electron chi connectivity index (χ1n) is 5.74. The third kappa shape index (κ3) is 2.36. The molecule has 0 radical (unpaired) electrons. The SMILES string of the molecule is CNCc1nc(-c2ccc(C)c(C)c2)nn1C. The van der Waals surface area contributed by atoms with Crippen molar-refractivity contribution in [3.8, 4) is 11.4 Å². The van der Waals surface area contributed by atoms with Gasteiger partial charge in [0.05, 0.1) is 6.54 Å². The van der Waals surface area contributed by atoms with E-state index in [1.165, 1.54) is 11.1 Å². The average Bonchev–Trinajstić information content (AvgIpc) is 2.65. The molecular weight excluding hydrogens is 212 g/mol. The van der Waals surface area contributed by atoms with E-state index in [4.69, 9.17) is 0 Å². The Balaban J connectivity index is 2.39. The van der Waals surface area contributed by atoms with Gasteiger partial charge in [-0.1, -0.05) is 12.1 Å². The molecule has 0 aliphatic rings. The van der Waals surface area contributed by atoms with Gasteiger partial charge < -0.3 is 5.32 Å². The number of benzene rings is 1. The van der Waals surface area contributed by atoms with Gasteiger partial charge in [0.1, 0.15) is 5.82 Å². The van der Waals surface area contributed by atoms with Crippen molar-refractivity contribution in [3.63, 3.8) is 0 Å². The van der Waals surface area contributed by atoms with Gasteiger partial charge in [0, 0.05) is 12.6 Å². The number of hydrogen-bond acceptors (Lipinski definition) is 3. The zero-order valence-electron chi connectivity index (χ0n) is 10.8. The van der Waals surface area contributed by atoms with Crippen LogP contribution in [-0.2, 0) is 13.6 Å². The van der Waals surface area contributed by atoms with Crippen LogP contribution in [-0.4, -0.2) is 21.8 Å². The van der Waals surface area contributed by atoms with Crippen molar-refractivity contribution < 1.29 is 0 Å². The fraction of sp³-hybridized carbons (Fsp3) is 0.385. The predicted molar refractivity (Wildman–Crippen MR) is 68.7 cm³/mol. The first-order chi connectivity index (χ1) is 8.11. The van der Waals surface area contributed by atoms with Crippen molar-refractivity contribution in [1.82, 2.24) is 20.1 Å². The summed E-state index contributed by atoms with van der Waals surface area (Å²) in [4.78, 5) is 4.53. The van der Waals surface area contributed by atoms with Crippen LogP contribution in [0.5, 0.6) is 0 Å². The number of nitrogens with zero attached hydrogens (tertiary/aromatic N) is 3. The minimum Gasteiger partial charge on any atom is -0.313 e. The summed E-state index contributed by atoms with van der Waals surface area (Å²) in [5.74, 6) is 1.74. The van der Waals surface area contributed by atoms with Crippen LogP contribution in [0.4, 0.5) is 0 Å². The fourth-order valence-corrected chi connectivity index (χ4v) is 1.73. The Hall–Kier alpha value is -1.68. The predicted octanol–water partition coefficient (Wildman–Crippen LogP) is 1.82. The summed E-state index contributed by atoms with van der Waals surface area (Å²) in [5.41, 5.74) is 3.64. The molecule has 0 unspecified atom stereocenters. The maximum absolute atomic E-state index is 4.53. The molecule has 0 saturated carbocycles. The van der Waals surface area contributed by atoms with E-state index in [2.05, 4.69) is 47.4 Å². The Morgan fingerprint density at radius 1 is 1.24 bits per heavy atom. The molecule has 1 aromatic heterocycles. The Labute approximate surface area is 102 Å². The molecule has 90 valence electrons. The quantitative estimate of drug-likeness (QED) is 0.874. The topological polar surface area (TPSA) is 42.7 Å². The van der Waals surface area contributed by atoms with Crippen LogP contribution in [0.15, 0.2) is 18.2 Å². The summed E-state index contributed by atoms with van der Waals surface area (Å²) in [5, 5.41) is 7.52. The highest BCUT2D eigenvalue weighted by Gasteiger charge is 2.08. The highest BCUT2D eigenvalue weighted by molar-refractivity contribution is 5.56. The lowest BCUT2D eigenvalue weighted by atomic mass is 10.1. The van der Waals surface area contributed by atoms with Gasteiger partial charge in [0.2, 0.25) is 0 Å². The molecule has 1 heterocycles. The van der Waals surface area contributed by atoms with E-state index < -0.39 is 0 Å². The zero-order valence-corrected chi connectivity index (χ0v) is 10.8. The maximum Gasteiger partial charge on any atom is 0.181 e. The van der Waals surface area contributed by atoms with Crippen molar-refractivity contribution in [2.45, 2.75) is 20.4 Å². The van der Waals surface area contributed by atoms with Crippen LogP contribution in [0.1, 0.15) is 17.0 Å². The van der Waals surface area contributed by atoms with Crippen molar-refractivity contribution in [3.05, 3.63) is 35.2 Å². The number of aromatic nitrogens is 3. The highest BCUT2D eigenvalue weighted by atomic mass is 15.3. The van der Waals surface area contributed by atoms with E-state index in [9.17, 15) is 0 Å². The zero-order chi connectivity index (χ0) is 12.4. The normalized spacial score (nSPS) is 10.8. The van der Waals surface area contributed by atoms with Crippen LogP contribution in [0, 0.1) is 13.8 Å². The van der Waals surface area contributed by atoms with E-state index in [0.29, 0.717) is 0 Å². The van der Waals surface area contributed by atoms with Gasteiger partial charge in [0.15, 0.2) is 5.82 Å². The fourth-order valence-electron chi connectivity index (χ4n) is 1.73. The second-order valence-electron chi connectivity index (χ2n) is 4.30. The van der Waals surface area contributed by atoms with Crippen LogP contribution >= 0.6 is 0 Å². The number of aryl methyl sites for hydroxylation is 3. The maximum atomic E-state index is 4.53. The first-order valence-corrected chi connectivity index (χ1v) is 5.74. The molecule has 4 nitrogen and oxygen atoms in total. The first kappa shape index (κ1) is 11.8. The van der Waals surface area contributed by atoms with E-state index in [0.717, 1.165) is 23.8 Å². The van der Waals surface area contributed by atoms with E-state index in [1.807, 2.05) is 18.8 Å². The van der Waals surface area contributed by atoms with Gasteiger partial charge >= 0.3 is 0 Å². The van der Waals surface area contributed by atoms with Gasteiger partial charge in [-0.2, -0.15) is 5.10 Å². The molecule has 0 bridgehead atoms. The third-order valence-corrected chi connectivity index (χ3v) is 2.95. The molecule has 2 rings (SSSR count). The monoisotopic (exact) mass is 230 g/mol. The molecular formula is C13H18N4. The van der Waals surface area contributed by atoms with Crippen molar-refractivity contribution in [2.75, 3.05) is 7.05 Å². The molecule has 0 atom stereocenters.